The highest BCUT2D eigenvalue weighted by molar-refractivity contribution is 6.90. The van der Waals surface area contributed by atoms with Crippen LogP contribution in [0.15, 0.2) is 59.1 Å². The molecule has 3 heteroatoms. The minimum Gasteiger partial charge on any atom is -0.455 e. The van der Waals surface area contributed by atoms with Crippen LogP contribution in [0.25, 0.3) is 33.2 Å². The van der Waals surface area contributed by atoms with Gasteiger partial charge < -0.3 is 4.42 Å². The van der Waals surface area contributed by atoms with Crippen LogP contribution in [-0.4, -0.2) is 13.1 Å². The van der Waals surface area contributed by atoms with Crippen molar-refractivity contribution < 1.29 is 4.42 Å². The van der Waals surface area contributed by atoms with E-state index >= 15 is 0 Å². The Kier molecular flexibility index (Phi) is 5.13. The first-order valence-corrected chi connectivity index (χ1v) is 15.8. The molecule has 0 atom stereocenters. The van der Waals surface area contributed by atoms with E-state index < -0.39 is 8.07 Å². The van der Waals surface area contributed by atoms with Crippen LogP contribution in [0.3, 0.4) is 0 Å². The highest BCUT2D eigenvalue weighted by atomic mass is 28.3. The summed E-state index contributed by atoms with van der Waals surface area (Å²) in [6.07, 6.45) is 5.88. The lowest BCUT2D eigenvalue weighted by Crippen LogP contribution is -2.37. The molecule has 4 aromatic rings. The second kappa shape index (κ2) is 7.56. The molecule has 0 N–H and O–H groups in total. The van der Waals surface area contributed by atoms with Gasteiger partial charge in [-0.1, -0.05) is 77.7 Å². The maximum absolute atomic E-state index is 6.46. The van der Waals surface area contributed by atoms with Gasteiger partial charge in [0.05, 0.1) is 13.8 Å². The first-order chi connectivity index (χ1) is 15.4. The zero-order valence-electron chi connectivity index (χ0n) is 21.3. The minimum atomic E-state index is -1.54. The second-order valence-corrected chi connectivity index (χ2v) is 17.8. The van der Waals surface area contributed by atoms with E-state index in [4.69, 9.17) is 9.40 Å². The lowest BCUT2D eigenvalue weighted by Gasteiger charge is -2.45. The fraction of sp³-hybridized carbons (Fsp3) is 0.433. The van der Waals surface area contributed by atoms with Crippen LogP contribution in [0, 0.1) is 10.8 Å². The summed E-state index contributed by atoms with van der Waals surface area (Å²) in [7, 11) is -1.54. The van der Waals surface area contributed by atoms with Gasteiger partial charge >= 0.3 is 0 Å². The maximum Gasteiger partial charge on any atom is 0.144 e. The van der Waals surface area contributed by atoms with Gasteiger partial charge in [0.1, 0.15) is 11.2 Å². The number of para-hydroxylation sites is 1. The number of benzene rings is 2. The summed E-state index contributed by atoms with van der Waals surface area (Å²) in [6, 6.07) is 17.5. The standard InChI is InChI=1S/C30H37NOSi/c1-29(2)16-21(17-30(3,4)19-29)20-12-14-24(31-18-20)22-13-15-26(33(5,6)7)27-23-10-8-9-11-25(23)32-28(22)27/h8-15,18,21H,16-17,19H2,1-7H3. The smallest absolute Gasteiger partial charge is 0.144 e. The van der Waals surface area contributed by atoms with Crippen molar-refractivity contribution in [3.63, 3.8) is 0 Å². The van der Waals surface area contributed by atoms with Gasteiger partial charge in [-0.3, -0.25) is 4.98 Å². The lowest BCUT2D eigenvalue weighted by molar-refractivity contribution is 0.0968. The molecular weight excluding hydrogens is 418 g/mol. The number of fused-ring (bicyclic) bond motifs is 3. The third kappa shape index (κ3) is 4.16. The molecule has 2 aromatic heterocycles. The summed E-state index contributed by atoms with van der Waals surface area (Å²) in [4.78, 5) is 4.98. The predicted octanol–water partition coefficient (Wildman–Crippen LogP) is 8.51. The molecule has 0 amide bonds. The zero-order chi connectivity index (χ0) is 23.6. The summed E-state index contributed by atoms with van der Waals surface area (Å²) in [5.74, 6) is 0.575. The topological polar surface area (TPSA) is 26.0 Å². The molecule has 0 saturated heterocycles. The molecule has 2 aromatic carbocycles. The predicted molar refractivity (Wildman–Crippen MR) is 144 cm³/mol. The molecule has 0 aliphatic heterocycles. The number of hydrogen-bond acceptors (Lipinski definition) is 2. The van der Waals surface area contributed by atoms with Gasteiger partial charge in [-0.25, -0.2) is 0 Å². The largest absolute Gasteiger partial charge is 0.455 e. The molecule has 0 spiro atoms. The van der Waals surface area contributed by atoms with E-state index in [9.17, 15) is 0 Å². The number of hydrogen-bond donors (Lipinski definition) is 0. The molecule has 172 valence electrons. The fourth-order valence-electron chi connectivity index (χ4n) is 6.54. The van der Waals surface area contributed by atoms with Crippen molar-refractivity contribution in [2.75, 3.05) is 0 Å². The summed E-state index contributed by atoms with van der Waals surface area (Å²) in [5.41, 5.74) is 6.16. The monoisotopic (exact) mass is 455 g/mol. The van der Waals surface area contributed by atoms with Gasteiger partial charge in [-0.05, 0) is 65.0 Å². The van der Waals surface area contributed by atoms with Crippen molar-refractivity contribution in [2.45, 2.75) is 72.5 Å². The SMILES string of the molecule is CC1(C)CC(c2ccc(-c3ccc([Si](C)(C)C)c4c3oc3ccccc34)nc2)CC(C)(C)C1. The highest BCUT2D eigenvalue weighted by Gasteiger charge is 2.39. The first-order valence-electron chi connectivity index (χ1n) is 12.3. The molecule has 1 fully saturated rings. The third-order valence-corrected chi connectivity index (χ3v) is 9.46. The summed E-state index contributed by atoms with van der Waals surface area (Å²) in [5, 5.41) is 3.95. The van der Waals surface area contributed by atoms with Gasteiger partial charge in [0, 0.05) is 22.5 Å². The van der Waals surface area contributed by atoms with Gasteiger partial charge in [0.15, 0.2) is 0 Å². The van der Waals surface area contributed by atoms with Crippen LogP contribution in [-0.2, 0) is 0 Å². The van der Waals surface area contributed by atoms with E-state index in [1.54, 1.807) is 0 Å². The van der Waals surface area contributed by atoms with Crippen molar-refractivity contribution in [1.82, 2.24) is 4.98 Å². The van der Waals surface area contributed by atoms with Gasteiger partial charge in [-0.15, -0.1) is 0 Å². The molecular formula is C30H37NOSi. The molecule has 2 nitrogen and oxygen atoms in total. The van der Waals surface area contributed by atoms with Gasteiger partial charge in [-0.2, -0.15) is 0 Å². The lowest BCUT2D eigenvalue weighted by atomic mass is 9.60. The molecule has 2 heterocycles. The Hall–Kier alpha value is -2.39. The summed E-state index contributed by atoms with van der Waals surface area (Å²) in [6.45, 7) is 16.9. The van der Waals surface area contributed by atoms with Crippen molar-refractivity contribution in [3.05, 3.63) is 60.3 Å². The van der Waals surface area contributed by atoms with E-state index in [2.05, 4.69) is 102 Å². The Morgan fingerprint density at radius 2 is 1.58 bits per heavy atom. The van der Waals surface area contributed by atoms with Crippen LogP contribution in [0.1, 0.15) is 58.4 Å². The second-order valence-electron chi connectivity index (χ2n) is 12.8. The van der Waals surface area contributed by atoms with Crippen molar-refractivity contribution in [1.29, 1.82) is 0 Å². The number of nitrogens with zero attached hydrogens (tertiary/aromatic N) is 1. The molecule has 5 rings (SSSR count). The Bertz CT molecular complexity index is 1310. The van der Waals surface area contributed by atoms with E-state index in [1.165, 1.54) is 40.8 Å². The number of rotatable bonds is 3. The van der Waals surface area contributed by atoms with E-state index in [1.807, 2.05) is 0 Å². The molecule has 1 aliphatic carbocycles. The minimum absolute atomic E-state index is 0.373. The first kappa shape index (κ1) is 22.4. The number of aromatic nitrogens is 1. The average Bonchev–Trinajstić information content (AvgIpc) is 3.10. The highest BCUT2D eigenvalue weighted by Crippen LogP contribution is 2.51. The molecule has 0 bridgehead atoms. The Labute approximate surface area is 199 Å². The van der Waals surface area contributed by atoms with Crippen LogP contribution < -0.4 is 5.19 Å². The molecule has 33 heavy (non-hydrogen) atoms. The Balaban J connectivity index is 1.59. The average molecular weight is 456 g/mol. The normalized spacial score (nSPS) is 18.8. The van der Waals surface area contributed by atoms with Crippen molar-refractivity contribution >= 4 is 35.2 Å². The number of pyridine rings is 1. The molecule has 1 saturated carbocycles. The Morgan fingerprint density at radius 1 is 0.879 bits per heavy atom. The number of furan rings is 1. The van der Waals surface area contributed by atoms with Crippen molar-refractivity contribution in [2.24, 2.45) is 10.8 Å². The molecule has 1 aliphatic rings. The van der Waals surface area contributed by atoms with Crippen LogP contribution in [0.4, 0.5) is 0 Å². The third-order valence-electron chi connectivity index (χ3n) is 7.42. The quantitative estimate of drug-likeness (QED) is 0.289. The Morgan fingerprint density at radius 3 is 2.21 bits per heavy atom. The van der Waals surface area contributed by atoms with E-state index in [0.29, 0.717) is 16.7 Å². The fourth-order valence-corrected chi connectivity index (χ4v) is 8.12. The molecule has 0 radical (unpaired) electrons. The maximum atomic E-state index is 6.46. The van der Waals surface area contributed by atoms with Crippen LogP contribution in [0.5, 0.6) is 0 Å². The van der Waals surface area contributed by atoms with Crippen LogP contribution in [0.2, 0.25) is 19.6 Å². The zero-order valence-corrected chi connectivity index (χ0v) is 22.3. The molecule has 0 unspecified atom stereocenters. The van der Waals surface area contributed by atoms with E-state index in [-0.39, 0.29) is 0 Å². The van der Waals surface area contributed by atoms with E-state index in [0.717, 1.165) is 22.4 Å². The van der Waals surface area contributed by atoms with Gasteiger partial charge in [0.25, 0.3) is 0 Å². The van der Waals surface area contributed by atoms with Gasteiger partial charge in [0.2, 0.25) is 0 Å². The summed E-state index contributed by atoms with van der Waals surface area (Å²) >= 11 is 0. The van der Waals surface area contributed by atoms with Crippen LogP contribution >= 0.6 is 0 Å². The summed E-state index contributed by atoms with van der Waals surface area (Å²) < 4.78 is 6.46. The van der Waals surface area contributed by atoms with Crippen molar-refractivity contribution in [3.8, 4) is 11.3 Å².